The SMILES string of the molecule is CC(C)c1ccc2c(c1O)CC[C@@H]1C3=C(CC[C@@]21C)C(=O)OC3. The van der Waals surface area contributed by atoms with Gasteiger partial charge in [-0.3, -0.25) is 0 Å². The summed E-state index contributed by atoms with van der Waals surface area (Å²) in [7, 11) is 0. The Labute approximate surface area is 137 Å². The summed E-state index contributed by atoms with van der Waals surface area (Å²) in [6.07, 6.45) is 3.63. The van der Waals surface area contributed by atoms with Gasteiger partial charge in [0, 0.05) is 5.57 Å². The Morgan fingerprint density at radius 2 is 2.09 bits per heavy atom. The van der Waals surface area contributed by atoms with Crippen LogP contribution in [0.3, 0.4) is 0 Å². The van der Waals surface area contributed by atoms with Gasteiger partial charge in [-0.2, -0.15) is 0 Å². The molecule has 0 amide bonds. The molecule has 23 heavy (non-hydrogen) atoms. The van der Waals surface area contributed by atoms with E-state index in [0.29, 0.717) is 24.2 Å². The van der Waals surface area contributed by atoms with Crippen LogP contribution in [0.5, 0.6) is 5.75 Å². The molecule has 1 aliphatic heterocycles. The summed E-state index contributed by atoms with van der Waals surface area (Å²) in [6, 6.07) is 4.31. The number of hydrogen-bond donors (Lipinski definition) is 1. The molecule has 4 rings (SSSR count). The first-order valence-corrected chi connectivity index (χ1v) is 8.67. The zero-order valence-electron chi connectivity index (χ0n) is 14.1. The van der Waals surface area contributed by atoms with Gasteiger partial charge < -0.3 is 9.84 Å². The quantitative estimate of drug-likeness (QED) is 0.798. The monoisotopic (exact) mass is 312 g/mol. The third kappa shape index (κ3) is 1.92. The molecule has 3 heteroatoms. The smallest absolute Gasteiger partial charge is 0.334 e. The number of carbonyl (C=O) groups excluding carboxylic acids is 1. The lowest BCUT2D eigenvalue weighted by molar-refractivity contribution is -0.136. The van der Waals surface area contributed by atoms with Gasteiger partial charge in [0.2, 0.25) is 0 Å². The number of benzene rings is 1. The molecule has 3 aliphatic rings. The van der Waals surface area contributed by atoms with Crippen molar-refractivity contribution in [3.05, 3.63) is 40.0 Å². The highest BCUT2D eigenvalue weighted by atomic mass is 16.5. The highest BCUT2D eigenvalue weighted by molar-refractivity contribution is 5.92. The second kappa shape index (κ2) is 4.86. The molecule has 0 saturated carbocycles. The number of esters is 1. The van der Waals surface area contributed by atoms with E-state index >= 15 is 0 Å². The lowest BCUT2D eigenvalue weighted by Gasteiger charge is -2.46. The van der Waals surface area contributed by atoms with Gasteiger partial charge in [-0.25, -0.2) is 4.79 Å². The summed E-state index contributed by atoms with van der Waals surface area (Å²) in [4.78, 5) is 11.9. The van der Waals surface area contributed by atoms with Crippen LogP contribution in [0.2, 0.25) is 0 Å². The van der Waals surface area contributed by atoms with E-state index < -0.39 is 0 Å². The zero-order chi connectivity index (χ0) is 16.4. The van der Waals surface area contributed by atoms with E-state index in [1.54, 1.807) is 0 Å². The molecule has 1 aromatic carbocycles. The van der Waals surface area contributed by atoms with E-state index in [0.717, 1.165) is 42.4 Å². The molecular formula is C20H24O3. The van der Waals surface area contributed by atoms with Crippen LogP contribution in [-0.2, 0) is 21.4 Å². The van der Waals surface area contributed by atoms with Crippen LogP contribution in [0.15, 0.2) is 23.3 Å². The average Bonchev–Trinajstić information content (AvgIpc) is 2.88. The fourth-order valence-corrected chi connectivity index (χ4v) is 4.98. The number of aromatic hydroxyl groups is 1. The number of fused-ring (bicyclic) bond motifs is 4. The molecule has 1 heterocycles. The number of rotatable bonds is 1. The normalized spacial score (nSPS) is 29.2. The summed E-state index contributed by atoms with van der Waals surface area (Å²) >= 11 is 0. The van der Waals surface area contributed by atoms with Crippen molar-refractivity contribution in [3.8, 4) is 5.75 Å². The number of ether oxygens (including phenoxy) is 1. The van der Waals surface area contributed by atoms with Crippen molar-refractivity contribution in [1.82, 2.24) is 0 Å². The van der Waals surface area contributed by atoms with Crippen molar-refractivity contribution in [3.63, 3.8) is 0 Å². The molecule has 3 nitrogen and oxygen atoms in total. The van der Waals surface area contributed by atoms with Gasteiger partial charge in [0.15, 0.2) is 0 Å². The third-order valence-electron chi connectivity index (χ3n) is 6.31. The van der Waals surface area contributed by atoms with Crippen LogP contribution in [0.1, 0.15) is 62.6 Å². The van der Waals surface area contributed by atoms with E-state index in [2.05, 4.69) is 32.9 Å². The van der Waals surface area contributed by atoms with E-state index in [9.17, 15) is 9.90 Å². The van der Waals surface area contributed by atoms with Gasteiger partial charge in [-0.15, -0.1) is 0 Å². The molecule has 0 saturated heterocycles. The number of phenolic OH excluding ortho intramolecular Hbond substituents is 1. The Morgan fingerprint density at radius 1 is 1.30 bits per heavy atom. The summed E-state index contributed by atoms with van der Waals surface area (Å²) in [5, 5.41) is 10.7. The van der Waals surface area contributed by atoms with Crippen LogP contribution < -0.4 is 0 Å². The zero-order valence-corrected chi connectivity index (χ0v) is 14.1. The van der Waals surface area contributed by atoms with Gasteiger partial charge in [0.25, 0.3) is 0 Å². The van der Waals surface area contributed by atoms with Crippen molar-refractivity contribution < 1.29 is 14.6 Å². The summed E-state index contributed by atoms with van der Waals surface area (Å²) in [5.41, 5.74) is 5.61. The summed E-state index contributed by atoms with van der Waals surface area (Å²) < 4.78 is 5.29. The summed E-state index contributed by atoms with van der Waals surface area (Å²) in [5.74, 6) is 1.09. The minimum Gasteiger partial charge on any atom is -0.507 e. The molecule has 1 aromatic rings. The Morgan fingerprint density at radius 3 is 2.83 bits per heavy atom. The largest absolute Gasteiger partial charge is 0.507 e. The lowest BCUT2D eigenvalue weighted by Crippen LogP contribution is -2.41. The van der Waals surface area contributed by atoms with Crippen molar-refractivity contribution >= 4 is 5.97 Å². The van der Waals surface area contributed by atoms with Gasteiger partial charge in [-0.05, 0) is 65.2 Å². The van der Waals surface area contributed by atoms with Gasteiger partial charge in [-0.1, -0.05) is 32.9 Å². The van der Waals surface area contributed by atoms with Crippen molar-refractivity contribution in [2.45, 2.75) is 57.8 Å². The maximum Gasteiger partial charge on any atom is 0.334 e. The van der Waals surface area contributed by atoms with Gasteiger partial charge in [0.05, 0.1) is 0 Å². The maximum atomic E-state index is 11.9. The molecule has 122 valence electrons. The van der Waals surface area contributed by atoms with Crippen LogP contribution >= 0.6 is 0 Å². The van der Waals surface area contributed by atoms with E-state index in [1.807, 2.05) is 0 Å². The molecule has 0 radical (unpaired) electrons. The first-order chi connectivity index (χ1) is 10.9. The van der Waals surface area contributed by atoms with Gasteiger partial charge >= 0.3 is 5.97 Å². The molecule has 0 fully saturated rings. The molecule has 0 spiro atoms. The number of hydrogen-bond acceptors (Lipinski definition) is 3. The van der Waals surface area contributed by atoms with E-state index in [1.165, 1.54) is 11.1 Å². The summed E-state index contributed by atoms with van der Waals surface area (Å²) in [6.45, 7) is 7.01. The molecule has 1 N–H and O–H groups in total. The Bertz CT molecular complexity index is 729. The Balaban J connectivity index is 1.84. The number of carbonyl (C=O) groups is 1. The highest BCUT2D eigenvalue weighted by Crippen LogP contribution is 2.55. The molecule has 2 aliphatic carbocycles. The first-order valence-electron chi connectivity index (χ1n) is 8.67. The minimum absolute atomic E-state index is 0.00733. The van der Waals surface area contributed by atoms with Crippen molar-refractivity contribution in [2.75, 3.05) is 6.61 Å². The lowest BCUT2D eigenvalue weighted by atomic mass is 9.56. The minimum atomic E-state index is -0.106. The Hall–Kier alpha value is -1.77. The number of cyclic esters (lactones) is 1. The topological polar surface area (TPSA) is 46.5 Å². The van der Waals surface area contributed by atoms with Crippen molar-refractivity contribution in [1.29, 1.82) is 0 Å². The van der Waals surface area contributed by atoms with Crippen LogP contribution in [0.25, 0.3) is 0 Å². The number of phenols is 1. The predicted octanol–water partition coefficient (Wildman–Crippen LogP) is 3.98. The maximum absolute atomic E-state index is 11.9. The molecule has 0 aromatic heterocycles. The molecule has 2 atom stereocenters. The third-order valence-corrected chi connectivity index (χ3v) is 6.31. The first kappa shape index (κ1) is 14.8. The average molecular weight is 312 g/mol. The highest BCUT2D eigenvalue weighted by Gasteiger charge is 2.49. The fourth-order valence-electron chi connectivity index (χ4n) is 4.98. The second-order valence-corrected chi connectivity index (χ2v) is 7.77. The molecule has 0 unspecified atom stereocenters. The van der Waals surface area contributed by atoms with E-state index in [-0.39, 0.29) is 11.4 Å². The predicted molar refractivity (Wildman–Crippen MR) is 88.6 cm³/mol. The van der Waals surface area contributed by atoms with Crippen LogP contribution in [0, 0.1) is 5.92 Å². The standard InChI is InChI=1S/C20H24O3/c1-11(2)12-4-6-16-14(18(12)21)5-7-17-15-10-23-19(22)13(15)8-9-20(16,17)3/h4,6,11,17,21H,5,7-10H2,1-3H3/t17-,20+/m1/s1. The van der Waals surface area contributed by atoms with Crippen LogP contribution in [-0.4, -0.2) is 17.7 Å². The van der Waals surface area contributed by atoms with Crippen LogP contribution in [0.4, 0.5) is 0 Å². The molecular weight excluding hydrogens is 288 g/mol. The van der Waals surface area contributed by atoms with Gasteiger partial charge in [0.1, 0.15) is 12.4 Å². The fraction of sp³-hybridized carbons (Fsp3) is 0.550. The molecule has 0 bridgehead atoms. The Kier molecular flexibility index (Phi) is 3.13. The van der Waals surface area contributed by atoms with E-state index in [4.69, 9.17) is 4.74 Å². The second-order valence-electron chi connectivity index (χ2n) is 7.77. The van der Waals surface area contributed by atoms with Crippen molar-refractivity contribution in [2.24, 2.45) is 5.92 Å².